The molecule has 0 spiro atoms. The zero-order chi connectivity index (χ0) is 9.68. The molecule has 0 bridgehead atoms. The predicted octanol–water partition coefficient (Wildman–Crippen LogP) is 2.17. The molecule has 0 aliphatic heterocycles. The number of halogens is 2. The van der Waals surface area contributed by atoms with Crippen LogP contribution in [0.2, 0.25) is 0 Å². The minimum Gasteiger partial charge on any atom is -0.483 e. The molecule has 0 aliphatic carbocycles. The van der Waals surface area contributed by atoms with Crippen LogP contribution in [0.5, 0.6) is 5.75 Å². The number of ether oxygens (including phenoxy) is 1. The molecule has 13 heavy (non-hydrogen) atoms. The fourth-order valence-corrected chi connectivity index (χ4v) is 0.920. The van der Waals surface area contributed by atoms with Crippen LogP contribution >= 0.6 is 15.9 Å². The normalized spacial score (nSPS) is 9.69. The molecule has 1 aromatic carbocycles. The van der Waals surface area contributed by atoms with Crippen LogP contribution in [0.15, 0.2) is 24.3 Å². The van der Waals surface area contributed by atoms with Gasteiger partial charge in [-0.05, 0) is 12.1 Å². The van der Waals surface area contributed by atoms with E-state index in [9.17, 15) is 9.18 Å². The van der Waals surface area contributed by atoms with E-state index >= 15 is 0 Å². The Labute approximate surface area is 83.8 Å². The number of carbonyl (C=O) groups excluding carboxylic acids is 1. The molecular formula is C9H8BrFO2. The second-order valence-electron chi connectivity index (χ2n) is 2.39. The molecule has 2 nitrogen and oxygen atoms in total. The Morgan fingerprint density at radius 3 is 2.77 bits per heavy atom. The largest absolute Gasteiger partial charge is 0.483 e. The minimum atomic E-state index is -0.454. The maximum Gasteiger partial charge on any atom is 0.180 e. The fourth-order valence-electron chi connectivity index (χ4n) is 0.759. The quantitative estimate of drug-likeness (QED) is 0.762. The van der Waals surface area contributed by atoms with E-state index < -0.39 is 5.82 Å². The summed E-state index contributed by atoms with van der Waals surface area (Å²) in [7, 11) is 0. The van der Waals surface area contributed by atoms with Gasteiger partial charge in [-0.2, -0.15) is 0 Å². The van der Waals surface area contributed by atoms with E-state index in [2.05, 4.69) is 15.9 Å². The topological polar surface area (TPSA) is 26.3 Å². The Hall–Kier alpha value is -0.900. The first-order valence-electron chi connectivity index (χ1n) is 3.69. The lowest BCUT2D eigenvalue weighted by atomic mass is 10.3. The summed E-state index contributed by atoms with van der Waals surface area (Å²) < 4.78 is 17.8. The van der Waals surface area contributed by atoms with Crippen LogP contribution in [-0.2, 0) is 4.79 Å². The second-order valence-corrected chi connectivity index (χ2v) is 2.95. The fraction of sp³-hybridized carbons (Fsp3) is 0.222. The van der Waals surface area contributed by atoms with Crippen molar-refractivity contribution in [1.29, 1.82) is 0 Å². The molecule has 0 saturated heterocycles. The van der Waals surface area contributed by atoms with Crippen molar-refractivity contribution in [1.82, 2.24) is 0 Å². The average molecular weight is 247 g/mol. The van der Waals surface area contributed by atoms with Gasteiger partial charge in [-0.15, -0.1) is 0 Å². The van der Waals surface area contributed by atoms with Gasteiger partial charge in [0.2, 0.25) is 0 Å². The Balaban J connectivity index is 2.54. The number of alkyl halides is 1. The van der Waals surface area contributed by atoms with Crippen molar-refractivity contribution in [3.05, 3.63) is 30.1 Å². The van der Waals surface area contributed by atoms with Gasteiger partial charge in [-0.1, -0.05) is 28.1 Å². The number of rotatable bonds is 4. The molecule has 0 aromatic heterocycles. The van der Waals surface area contributed by atoms with E-state index in [0.717, 1.165) is 0 Å². The van der Waals surface area contributed by atoms with Gasteiger partial charge in [0.15, 0.2) is 17.3 Å². The maximum atomic E-state index is 12.9. The van der Waals surface area contributed by atoms with E-state index in [-0.39, 0.29) is 23.5 Å². The summed E-state index contributed by atoms with van der Waals surface area (Å²) in [6, 6.07) is 5.98. The van der Waals surface area contributed by atoms with Crippen molar-refractivity contribution in [2.75, 3.05) is 11.9 Å². The summed E-state index contributed by atoms with van der Waals surface area (Å²) in [6.45, 7) is -0.105. The predicted molar refractivity (Wildman–Crippen MR) is 50.7 cm³/mol. The number of carbonyl (C=O) groups is 1. The van der Waals surface area contributed by atoms with Gasteiger partial charge >= 0.3 is 0 Å². The van der Waals surface area contributed by atoms with Gasteiger partial charge < -0.3 is 4.74 Å². The summed E-state index contributed by atoms with van der Waals surface area (Å²) in [4.78, 5) is 10.8. The van der Waals surface area contributed by atoms with Crippen LogP contribution in [0.25, 0.3) is 0 Å². The highest BCUT2D eigenvalue weighted by atomic mass is 79.9. The van der Waals surface area contributed by atoms with E-state index in [0.29, 0.717) is 0 Å². The summed E-state index contributed by atoms with van der Waals surface area (Å²) in [5, 5.41) is 0.224. The highest BCUT2D eigenvalue weighted by Crippen LogP contribution is 2.14. The highest BCUT2D eigenvalue weighted by molar-refractivity contribution is 9.09. The van der Waals surface area contributed by atoms with E-state index in [1.54, 1.807) is 12.1 Å². The molecule has 0 amide bonds. The average Bonchev–Trinajstić information content (AvgIpc) is 2.16. The molecule has 0 unspecified atom stereocenters. The van der Waals surface area contributed by atoms with E-state index in [4.69, 9.17) is 4.74 Å². The lowest BCUT2D eigenvalue weighted by Gasteiger charge is -2.04. The van der Waals surface area contributed by atoms with Crippen molar-refractivity contribution < 1.29 is 13.9 Å². The summed E-state index contributed by atoms with van der Waals surface area (Å²) in [6.07, 6.45) is 0. The lowest BCUT2D eigenvalue weighted by molar-refractivity contribution is -0.118. The number of para-hydroxylation sites is 1. The van der Waals surface area contributed by atoms with Crippen molar-refractivity contribution in [3.63, 3.8) is 0 Å². The van der Waals surface area contributed by atoms with Crippen LogP contribution in [0.4, 0.5) is 4.39 Å². The number of hydrogen-bond acceptors (Lipinski definition) is 2. The molecule has 0 aliphatic rings. The van der Waals surface area contributed by atoms with Gasteiger partial charge in [-0.25, -0.2) is 4.39 Å². The van der Waals surface area contributed by atoms with Crippen LogP contribution in [0, 0.1) is 5.82 Å². The number of Topliss-reactive ketones (excluding diaryl/α,β-unsaturated/α-hetero) is 1. The zero-order valence-corrected chi connectivity index (χ0v) is 8.38. The molecule has 70 valence electrons. The van der Waals surface area contributed by atoms with Crippen LogP contribution in [0.1, 0.15) is 0 Å². The third-order valence-corrected chi connectivity index (χ3v) is 2.00. The van der Waals surface area contributed by atoms with Gasteiger partial charge in [0.25, 0.3) is 0 Å². The smallest absolute Gasteiger partial charge is 0.180 e. The first kappa shape index (κ1) is 10.2. The molecule has 0 fully saturated rings. The van der Waals surface area contributed by atoms with Crippen molar-refractivity contribution >= 4 is 21.7 Å². The van der Waals surface area contributed by atoms with E-state index in [1.165, 1.54) is 12.1 Å². The maximum absolute atomic E-state index is 12.9. The van der Waals surface area contributed by atoms with Gasteiger partial charge in [-0.3, -0.25) is 4.79 Å². The molecule has 4 heteroatoms. The second kappa shape index (κ2) is 4.97. The van der Waals surface area contributed by atoms with Gasteiger partial charge in [0, 0.05) is 0 Å². The zero-order valence-electron chi connectivity index (χ0n) is 6.80. The highest BCUT2D eigenvalue weighted by Gasteiger charge is 2.04. The van der Waals surface area contributed by atoms with Crippen LogP contribution in [0.3, 0.4) is 0 Å². The third kappa shape index (κ3) is 3.14. The molecular weight excluding hydrogens is 239 g/mol. The molecule has 1 rings (SSSR count). The summed E-state index contributed by atoms with van der Waals surface area (Å²) in [5.74, 6) is -0.468. The number of hydrogen-bond donors (Lipinski definition) is 0. The van der Waals surface area contributed by atoms with Gasteiger partial charge in [0.1, 0.15) is 6.61 Å². The Morgan fingerprint density at radius 1 is 1.46 bits per heavy atom. The lowest BCUT2D eigenvalue weighted by Crippen LogP contribution is -2.12. The Morgan fingerprint density at radius 2 is 2.15 bits per heavy atom. The number of ketones is 1. The monoisotopic (exact) mass is 246 g/mol. The minimum absolute atomic E-state index is 0.105. The van der Waals surface area contributed by atoms with Gasteiger partial charge in [0.05, 0.1) is 5.33 Å². The summed E-state index contributed by atoms with van der Waals surface area (Å²) in [5.41, 5.74) is 0. The van der Waals surface area contributed by atoms with Crippen molar-refractivity contribution in [3.8, 4) is 5.75 Å². The Kier molecular flexibility index (Phi) is 3.89. The first-order chi connectivity index (χ1) is 6.24. The molecule has 0 saturated carbocycles. The summed E-state index contributed by atoms with van der Waals surface area (Å²) >= 11 is 2.98. The molecule has 0 N–H and O–H groups in total. The first-order valence-corrected chi connectivity index (χ1v) is 4.81. The van der Waals surface area contributed by atoms with E-state index in [1.807, 2.05) is 0 Å². The van der Waals surface area contributed by atoms with Crippen LogP contribution < -0.4 is 4.74 Å². The molecule has 0 heterocycles. The van der Waals surface area contributed by atoms with Crippen molar-refractivity contribution in [2.45, 2.75) is 0 Å². The van der Waals surface area contributed by atoms with Crippen LogP contribution in [-0.4, -0.2) is 17.7 Å². The molecule has 0 radical (unpaired) electrons. The third-order valence-electron chi connectivity index (χ3n) is 1.37. The Bertz CT molecular complexity index is 301. The molecule has 0 atom stereocenters. The standard InChI is InChI=1S/C9H8BrFO2/c10-5-7(12)6-13-9-4-2-1-3-8(9)11/h1-4H,5-6H2. The SMILES string of the molecule is O=C(CBr)COc1ccccc1F. The number of benzene rings is 1. The van der Waals surface area contributed by atoms with Crippen molar-refractivity contribution in [2.24, 2.45) is 0 Å². The molecule has 1 aromatic rings.